The highest BCUT2D eigenvalue weighted by Gasteiger charge is 2.33. The van der Waals surface area contributed by atoms with Crippen molar-refractivity contribution in [3.63, 3.8) is 0 Å². The van der Waals surface area contributed by atoms with Crippen LogP contribution in [0.3, 0.4) is 0 Å². The van der Waals surface area contributed by atoms with Crippen LogP contribution in [0, 0.1) is 11.7 Å². The highest BCUT2D eigenvalue weighted by atomic mass is 19.4. The number of ether oxygens (including phenoxy) is 1. The van der Waals surface area contributed by atoms with Gasteiger partial charge in [0.05, 0.1) is 5.56 Å². The summed E-state index contributed by atoms with van der Waals surface area (Å²) >= 11 is 0. The quantitative estimate of drug-likeness (QED) is 0.859. The molecule has 1 aromatic carbocycles. The summed E-state index contributed by atoms with van der Waals surface area (Å²) in [6, 6.07) is 2.79. The summed E-state index contributed by atoms with van der Waals surface area (Å²) in [5, 5.41) is 3.03. The fraction of sp³-hybridized carbons (Fsp3) is 0.571. The lowest BCUT2D eigenvalue weighted by Gasteiger charge is -2.22. The lowest BCUT2D eigenvalue weighted by molar-refractivity contribution is -0.138. The van der Waals surface area contributed by atoms with Crippen LogP contribution in [0.15, 0.2) is 18.2 Å². The van der Waals surface area contributed by atoms with Crippen LogP contribution in [0.5, 0.6) is 0 Å². The van der Waals surface area contributed by atoms with E-state index in [1.54, 1.807) is 0 Å². The molecule has 0 radical (unpaired) electrons. The minimum Gasteiger partial charge on any atom is -0.381 e. The van der Waals surface area contributed by atoms with Gasteiger partial charge in [0.2, 0.25) is 0 Å². The van der Waals surface area contributed by atoms with Gasteiger partial charge < -0.3 is 10.1 Å². The molecule has 1 aliphatic heterocycles. The predicted molar refractivity (Wildman–Crippen MR) is 66.7 cm³/mol. The van der Waals surface area contributed by atoms with Gasteiger partial charge in [-0.2, -0.15) is 13.2 Å². The van der Waals surface area contributed by atoms with E-state index in [4.69, 9.17) is 4.74 Å². The zero-order chi connectivity index (χ0) is 14.6. The molecular weight excluding hydrogens is 274 g/mol. The molecule has 20 heavy (non-hydrogen) atoms. The predicted octanol–water partition coefficient (Wildman–Crippen LogP) is 3.36. The van der Waals surface area contributed by atoms with Crippen LogP contribution in [0.1, 0.15) is 24.0 Å². The second-order valence-corrected chi connectivity index (χ2v) is 4.99. The standard InChI is InChI=1S/C14H17F4NO/c15-12-2-1-11(13(7-12)14(16,17)18)9-19-8-10-3-5-20-6-4-10/h1-2,7,10,19H,3-6,8-9H2. The number of rotatable bonds is 4. The summed E-state index contributed by atoms with van der Waals surface area (Å²) in [6.07, 6.45) is -2.69. The monoisotopic (exact) mass is 291 g/mol. The third kappa shape index (κ3) is 4.18. The molecule has 0 spiro atoms. The molecule has 1 heterocycles. The molecule has 1 N–H and O–H groups in total. The maximum absolute atomic E-state index is 13.0. The first-order valence-corrected chi connectivity index (χ1v) is 6.61. The van der Waals surface area contributed by atoms with Crippen molar-refractivity contribution < 1.29 is 22.3 Å². The van der Waals surface area contributed by atoms with E-state index >= 15 is 0 Å². The van der Waals surface area contributed by atoms with Crippen molar-refractivity contribution in [3.8, 4) is 0 Å². The SMILES string of the molecule is Fc1ccc(CNCC2CCOCC2)c(C(F)(F)F)c1. The van der Waals surface area contributed by atoms with E-state index < -0.39 is 17.6 Å². The molecule has 0 bridgehead atoms. The largest absolute Gasteiger partial charge is 0.416 e. The Kier molecular flexibility index (Phi) is 4.99. The third-order valence-electron chi connectivity index (χ3n) is 3.47. The Balaban J connectivity index is 1.95. The number of hydrogen-bond donors (Lipinski definition) is 1. The number of hydrogen-bond acceptors (Lipinski definition) is 2. The first-order chi connectivity index (χ1) is 9.47. The van der Waals surface area contributed by atoms with Gasteiger partial charge in [0.15, 0.2) is 0 Å². The van der Waals surface area contributed by atoms with Crippen LogP contribution >= 0.6 is 0 Å². The Bertz CT molecular complexity index is 441. The third-order valence-corrected chi connectivity index (χ3v) is 3.47. The summed E-state index contributed by atoms with van der Waals surface area (Å²) in [5.74, 6) is -0.441. The summed E-state index contributed by atoms with van der Waals surface area (Å²) in [4.78, 5) is 0. The van der Waals surface area contributed by atoms with Crippen LogP contribution in [-0.2, 0) is 17.5 Å². The number of halogens is 4. The van der Waals surface area contributed by atoms with Crippen molar-refractivity contribution in [2.24, 2.45) is 5.92 Å². The smallest absolute Gasteiger partial charge is 0.381 e. The molecule has 1 fully saturated rings. The molecule has 112 valence electrons. The first kappa shape index (κ1) is 15.3. The molecule has 0 amide bonds. The molecule has 1 saturated heterocycles. The van der Waals surface area contributed by atoms with Crippen LogP contribution in [0.25, 0.3) is 0 Å². The van der Waals surface area contributed by atoms with Crippen LogP contribution in [0.4, 0.5) is 17.6 Å². The fourth-order valence-corrected chi connectivity index (χ4v) is 2.33. The highest BCUT2D eigenvalue weighted by molar-refractivity contribution is 5.30. The van der Waals surface area contributed by atoms with Crippen LogP contribution < -0.4 is 5.32 Å². The molecular formula is C14H17F4NO. The molecule has 1 aliphatic rings. The summed E-state index contributed by atoms with van der Waals surface area (Å²) in [7, 11) is 0. The second kappa shape index (κ2) is 6.54. The van der Waals surface area contributed by atoms with Crippen LogP contribution in [-0.4, -0.2) is 19.8 Å². The van der Waals surface area contributed by atoms with E-state index in [9.17, 15) is 17.6 Å². The Morgan fingerprint density at radius 1 is 1.20 bits per heavy atom. The van der Waals surface area contributed by atoms with Gasteiger partial charge in [-0.05, 0) is 43.0 Å². The topological polar surface area (TPSA) is 21.3 Å². The lowest BCUT2D eigenvalue weighted by atomic mass is 10.00. The van der Waals surface area contributed by atoms with Crippen molar-refractivity contribution in [1.82, 2.24) is 5.32 Å². The van der Waals surface area contributed by atoms with Gasteiger partial charge in [0.25, 0.3) is 0 Å². The fourth-order valence-electron chi connectivity index (χ4n) is 2.33. The number of benzene rings is 1. The van der Waals surface area contributed by atoms with E-state index in [1.807, 2.05) is 0 Å². The zero-order valence-electron chi connectivity index (χ0n) is 11.0. The highest BCUT2D eigenvalue weighted by Crippen LogP contribution is 2.32. The average Bonchev–Trinajstić information content (AvgIpc) is 2.40. The van der Waals surface area contributed by atoms with Crippen LogP contribution in [0.2, 0.25) is 0 Å². The molecule has 0 aromatic heterocycles. The molecule has 0 unspecified atom stereocenters. The summed E-state index contributed by atoms with van der Waals surface area (Å²) < 4.78 is 56.6. The molecule has 0 atom stereocenters. The Labute approximate surface area is 115 Å². The Morgan fingerprint density at radius 3 is 2.55 bits per heavy atom. The molecule has 2 nitrogen and oxygen atoms in total. The van der Waals surface area contributed by atoms with Crippen molar-refractivity contribution in [1.29, 1.82) is 0 Å². The molecule has 6 heteroatoms. The maximum atomic E-state index is 13.0. The van der Waals surface area contributed by atoms with Gasteiger partial charge in [0.1, 0.15) is 5.82 Å². The van der Waals surface area contributed by atoms with Gasteiger partial charge in [-0.15, -0.1) is 0 Å². The lowest BCUT2D eigenvalue weighted by Crippen LogP contribution is -2.28. The Morgan fingerprint density at radius 2 is 1.90 bits per heavy atom. The average molecular weight is 291 g/mol. The number of nitrogens with one attached hydrogen (secondary N) is 1. The van der Waals surface area contributed by atoms with Gasteiger partial charge in [-0.25, -0.2) is 4.39 Å². The number of alkyl halides is 3. The van der Waals surface area contributed by atoms with Gasteiger partial charge in [-0.3, -0.25) is 0 Å². The van der Waals surface area contributed by atoms with Crippen molar-refractivity contribution in [2.45, 2.75) is 25.6 Å². The van der Waals surface area contributed by atoms with Crippen molar-refractivity contribution >= 4 is 0 Å². The molecule has 2 rings (SSSR count). The van der Waals surface area contributed by atoms with E-state index in [1.165, 1.54) is 6.07 Å². The molecule has 0 aliphatic carbocycles. The summed E-state index contributed by atoms with van der Waals surface area (Å²) in [5.41, 5.74) is -0.831. The van der Waals surface area contributed by atoms with Gasteiger partial charge in [0, 0.05) is 19.8 Å². The van der Waals surface area contributed by atoms with Gasteiger partial charge in [-0.1, -0.05) is 6.07 Å². The van der Waals surface area contributed by atoms with Crippen molar-refractivity contribution in [3.05, 3.63) is 35.1 Å². The summed E-state index contributed by atoms with van der Waals surface area (Å²) in [6.45, 7) is 2.15. The minimum atomic E-state index is -4.53. The van der Waals surface area contributed by atoms with E-state index in [-0.39, 0.29) is 12.1 Å². The van der Waals surface area contributed by atoms with Crippen molar-refractivity contribution in [2.75, 3.05) is 19.8 Å². The van der Waals surface area contributed by atoms with E-state index in [2.05, 4.69) is 5.32 Å². The minimum absolute atomic E-state index is 0.0750. The Hall–Kier alpha value is -1.14. The molecule has 0 saturated carbocycles. The van der Waals surface area contributed by atoms with Gasteiger partial charge >= 0.3 is 6.18 Å². The first-order valence-electron chi connectivity index (χ1n) is 6.61. The van der Waals surface area contributed by atoms with E-state index in [0.29, 0.717) is 31.7 Å². The normalized spacial score (nSPS) is 17.4. The maximum Gasteiger partial charge on any atom is 0.416 e. The van der Waals surface area contributed by atoms with E-state index in [0.717, 1.165) is 18.9 Å². The zero-order valence-corrected chi connectivity index (χ0v) is 11.0. The molecule has 1 aromatic rings. The second-order valence-electron chi connectivity index (χ2n) is 4.99.